The van der Waals surface area contributed by atoms with Crippen molar-refractivity contribution in [3.05, 3.63) is 45.4 Å². The summed E-state index contributed by atoms with van der Waals surface area (Å²) in [6.45, 7) is 1.83. The van der Waals surface area contributed by atoms with Crippen LogP contribution in [0.2, 0.25) is 5.02 Å². The quantitative estimate of drug-likeness (QED) is 0.903. The Morgan fingerprint density at radius 3 is 2.89 bits per heavy atom. The summed E-state index contributed by atoms with van der Waals surface area (Å²) >= 11 is 7.18. The minimum Gasteiger partial charge on any atom is -0.479 e. The van der Waals surface area contributed by atoms with Crippen LogP contribution >= 0.6 is 22.9 Å². The number of carbonyl (C=O) groups is 1. The highest BCUT2D eigenvalue weighted by atomic mass is 35.5. The molecule has 0 bridgehead atoms. The van der Waals surface area contributed by atoms with Crippen LogP contribution in [0.1, 0.15) is 16.7 Å². The van der Waals surface area contributed by atoms with E-state index in [-0.39, 0.29) is 0 Å². The van der Waals surface area contributed by atoms with Crippen molar-refractivity contribution < 1.29 is 9.90 Å². The van der Waals surface area contributed by atoms with Gasteiger partial charge in [0.15, 0.2) is 6.04 Å². The fourth-order valence-corrected chi connectivity index (χ4v) is 2.51. The van der Waals surface area contributed by atoms with Gasteiger partial charge in [0.05, 0.1) is 0 Å². The molecule has 1 atom stereocenters. The molecule has 94 valence electrons. The second kappa shape index (κ2) is 5.37. The van der Waals surface area contributed by atoms with Crippen LogP contribution in [0.15, 0.2) is 29.6 Å². The van der Waals surface area contributed by atoms with Crippen molar-refractivity contribution >= 4 is 34.6 Å². The van der Waals surface area contributed by atoms with Crippen molar-refractivity contribution in [2.24, 2.45) is 0 Å². The number of aromatic nitrogens is 1. The number of benzene rings is 1. The maximum Gasteiger partial charge on any atom is 0.333 e. The fourth-order valence-electron chi connectivity index (χ4n) is 1.48. The lowest BCUT2D eigenvalue weighted by Crippen LogP contribution is -2.20. The average molecular weight is 283 g/mol. The van der Waals surface area contributed by atoms with Crippen molar-refractivity contribution in [1.29, 1.82) is 0 Å². The predicted molar refractivity (Wildman–Crippen MR) is 72.3 cm³/mol. The Balaban J connectivity index is 2.24. The largest absolute Gasteiger partial charge is 0.479 e. The summed E-state index contributed by atoms with van der Waals surface area (Å²) in [6.07, 6.45) is 0. The molecule has 2 rings (SSSR count). The molecule has 1 heterocycles. The summed E-state index contributed by atoms with van der Waals surface area (Å²) in [6, 6.07) is 6.08. The summed E-state index contributed by atoms with van der Waals surface area (Å²) < 4.78 is 0. The third-order valence-electron chi connectivity index (χ3n) is 2.27. The van der Waals surface area contributed by atoms with Crippen molar-refractivity contribution in [1.82, 2.24) is 4.98 Å². The highest BCUT2D eigenvalue weighted by Crippen LogP contribution is 2.24. The van der Waals surface area contributed by atoms with Gasteiger partial charge < -0.3 is 10.4 Å². The predicted octanol–water partition coefficient (Wildman–Crippen LogP) is 3.34. The molecule has 2 aromatic rings. The van der Waals surface area contributed by atoms with E-state index in [9.17, 15) is 9.90 Å². The van der Waals surface area contributed by atoms with E-state index in [1.807, 2.05) is 12.3 Å². The lowest BCUT2D eigenvalue weighted by atomic mass is 10.2. The van der Waals surface area contributed by atoms with Crippen molar-refractivity contribution in [2.45, 2.75) is 13.0 Å². The summed E-state index contributed by atoms with van der Waals surface area (Å²) in [5.41, 5.74) is 1.47. The number of aliphatic carboxylic acids is 1. The van der Waals surface area contributed by atoms with Gasteiger partial charge in [-0.1, -0.05) is 17.7 Å². The lowest BCUT2D eigenvalue weighted by molar-refractivity contribution is -0.138. The number of anilines is 1. The zero-order valence-corrected chi connectivity index (χ0v) is 11.1. The molecule has 0 saturated heterocycles. The van der Waals surface area contributed by atoms with E-state index in [1.54, 1.807) is 24.3 Å². The zero-order valence-electron chi connectivity index (χ0n) is 9.55. The van der Waals surface area contributed by atoms with Gasteiger partial charge in [-0.3, -0.25) is 0 Å². The molecule has 0 aliphatic carbocycles. The number of carboxylic acids is 1. The molecule has 0 saturated carbocycles. The molecule has 2 N–H and O–H groups in total. The monoisotopic (exact) mass is 282 g/mol. The number of nitrogens with zero attached hydrogens (tertiary/aromatic N) is 1. The highest BCUT2D eigenvalue weighted by molar-refractivity contribution is 7.09. The number of hydrogen-bond acceptors (Lipinski definition) is 4. The van der Waals surface area contributed by atoms with Crippen LogP contribution in [0.25, 0.3) is 0 Å². The van der Waals surface area contributed by atoms with E-state index in [4.69, 9.17) is 11.6 Å². The van der Waals surface area contributed by atoms with Gasteiger partial charge in [-0.25, -0.2) is 9.78 Å². The molecule has 4 nitrogen and oxygen atoms in total. The van der Waals surface area contributed by atoms with Crippen LogP contribution in [0.5, 0.6) is 0 Å². The van der Waals surface area contributed by atoms with Crippen molar-refractivity contribution in [3.63, 3.8) is 0 Å². The van der Waals surface area contributed by atoms with Crippen LogP contribution in [0, 0.1) is 6.92 Å². The van der Waals surface area contributed by atoms with Gasteiger partial charge in [0.2, 0.25) is 0 Å². The molecule has 1 unspecified atom stereocenters. The molecule has 0 amide bonds. The van der Waals surface area contributed by atoms with Gasteiger partial charge in [-0.05, 0) is 25.1 Å². The Bertz CT molecular complexity index is 571. The number of thiazole rings is 1. The SMILES string of the molecule is Cc1csc(C(Nc2cccc(Cl)c2)C(=O)O)n1. The second-order valence-electron chi connectivity index (χ2n) is 3.75. The molecule has 6 heteroatoms. The number of nitrogens with one attached hydrogen (secondary N) is 1. The molecule has 0 radical (unpaired) electrons. The van der Waals surface area contributed by atoms with E-state index in [0.717, 1.165) is 5.69 Å². The zero-order chi connectivity index (χ0) is 13.1. The molecule has 0 aliphatic heterocycles. The Morgan fingerprint density at radius 2 is 2.33 bits per heavy atom. The minimum atomic E-state index is -0.968. The van der Waals surface area contributed by atoms with Crippen molar-refractivity contribution in [2.75, 3.05) is 5.32 Å². The second-order valence-corrected chi connectivity index (χ2v) is 5.08. The van der Waals surface area contributed by atoms with E-state index < -0.39 is 12.0 Å². The molecule has 1 aromatic heterocycles. The molecular formula is C12H11ClN2O2S. The van der Waals surface area contributed by atoms with Gasteiger partial charge >= 0.3 is 5.97 Å². The smallest absolute Gasteiger partial charge is 0.333 e. The molecule has 0 fully saturated rings. The Hall–Kier alpha value is -1.59. The number of rotatable bonds is 4. The highest BCUT2D eigenvalue weighted by Gasteiger charge is 2.22. The number of aryl methyl sites for hydroxylation is 1. The van der Waals surface area contributed by atoms with Crippen LogP contribution in [-0.4, -0.2) is 16.1 Å². The molecule has 0 aliphatic rings. The Labute approximate surface area is 113 Å². The number of hydrogen-bond donors (Lipinski definition) is 2. The van der Waals surface area contributed by atoms with Crippen LogP contribution in [0.3, 0.4) is 0 Å². The van der Waals surface area contributed by atoms with Gasteiger partial charge in [-0.2, -0.15) is 0 Å². The normalized spacial score (nSPS) is 12.1. The minimum absolute atomic E-state index is 0.528. The lowest BCUT2D eigenvalue weighted by Gasteiger charge is -2.13. The third-order valence-corrected chi connectivity index (χ3v) is 3.53. The van der Waals surface area contributed by atoms with Crippen LogP contribution < -0.4 is 5.32 Å². The molecular weight excluding hydrogens is 272 g/mol. The third kappa shape index (κ3) is 3.00. The summed E-state index contributed by atoms with van der Waals surface area (Å²) in [7, 11) is 0. The first kappa shape index (κ1) is 12.9. The van der Waals surface area contributed by atoms with Gasteiger partial charge in [0.1, 0.15) is 5.01 Å². The first-order chi connectivity index (χ1) is 8.56. The van der Waals surface area contributed by atoms with Crippen molar-refractivity contribution in [3.8, 4) is 0 Å². The molecule has 1 aromatic carbocycles. The van der Waals surface area contributed by atoms with E-state index in [1.165, 1.54) is 11.3 Å². The summed E-state index contributed by atoms with van der Waals surface area (Å²) in [5.74, 6) is -0.968. The van der Waals surface area contributed by atoms with E-state index in [0.29, 0.717) is 15.7 Å². The Kier molecular flexibility index (Phi) is 3.84. The molecule has 0 spiro atoms. The van der Waals surface area contributed by atoms with Crippen LogP contribution in [-0.2, 0) is 4.79 Å². The first-order valence-electron chi connectivity index (χ1n) is 5.23. The topological polar surface area (TPSA) is 62.2 Å². The van der Waals surface area contributed by atoms with E-state index in [2.05, 4.69) is 10.3 Å². The maximum atomic E-state index is 11.3. The average Bonchev–Trinajstić information content (AvgIpc) is 2.72. The summed E-state index contributed by atoms with van der Waals surface area (Å²) in [4.78, 5) is 15.5. The maximum absolute atomic E-state index is 11.3. The van der Waals surface area contributed by atoms with Gasteiger partial charge in [-0.15, -0.1) is 11.3 Å². The molecule has 18 heavy (non-hydrogen) atoms. The Morgan fingerprint density at radius 1 is 1.56 bits per heavy atom. The van der Waals surface area contributed by atoms with Gasteiger partial charge in [0, 0.05) is 21.8 Å². The standard InChI is InChI=1S/C12H11ClN2O2S/c1-7-6-18-11(14-7)10(12(16)17)15-9-4-2-3-8(13)5-9/h2-6,10,15H,1H3,(H,16,17). The van der Waals surface area contributed by atoms with E-state index >= 15 is 0 Å². The number of halogens is 1. The fraction of sp³-hybridized carbons (Fsp3) is 0.167. The first-order valence-corrected chi connectivity index (χ1v) is 6.49. The number of carboxylic acid groups (broad SMARTS) is 1. The van der Waals surface area contributed by atoms with Gasteiger partial charge in [0.25, 0.3) is 0 Å². The summed E-state index contributed by atoms with van der Waals surface area (Å²) in [5, 5.41) is 15.1. The van der Waals surface area contributed by atoms with Crippen LogP contribution in [0.4, 0.5) is 5.69 Å².